The van der Waals surface area contributed by atoms with Crippen LogP contribution in [0.5, 0.6) is 0 Å². The van der Waals surface area contributed by atoms with Crippen LogP contribution in [0.1, 0.15) is 62.6 Å². The van der Waals surface area contributed by atoms with Crippen molar-refractivity contribution in [1.82, 2.24) is 0 Å². The van der Waals surface area contributed by atoms with E-state index in [1.165, 1.54) is 44.2 Å². The number of benzene rings is 1. The van der Waals surface area contributed by atoms with Crippen LogP contribution in [-0.4, -0.2) is 12.6 Å². The minimum atomic E-state index is -0.136. The van der Waals surface area contributed by atoms with Crippen LogP contribution < -0.4 is 10.6 Å². The van der Waals surface area contributed by atoms with E-state index in [4.69, 9.17) is 5.73 Å². The van der Waals surface area contributed by atoms with Crippen molar-refractivity contribution in [2.75, 3.05) is 11.4 Å². The first-order chi connectivity index (χ1) is 10.1. The second kappa shape index (κ2) is 5.96. The Hall–Kier alpha value is -1.09. The van der Waals surface area contributed by atoms with Crippen LogP contribution in [0.4, 0.5) is 10.1 Å². The maximum Gasteiger partial charge on any atom is 0.126 e. The number of piperidine rings is 1. The van der Waals surface area contributed by atoms with E-state index in [0.29, 0.717) is 6.04 Å². The summed E-state index contributed by atoms with van der Waals surface area (Å²) in [5.41, 5.74) is 8.99. The molecular formula is C18H27FN2. The lowest BCUT2D eigenvalue weighted by Gasteiger charge is -2.46. The molecule has 0 radical (unpaired) electrons. The molecule has 116 valence electrons. The van der Waals surface area contributed by atoms with Gasteiger partial charge in [0.25, 0.3) is 0 Å². The molecule has 1 unspecified atom stereocenters. The van der Waals surface area contributed by atoms with Crippen LogP contribution >= 0.6 is 0 Å². The molecule has 21 heavy (non-hydrogen) atoms. The predicted molar refractivity (Wildman–Crippen MR) is 86.1 cm³/mol. The first kappa shape index (κ1) is 14.8. The van der Waals surface area contributed by atoms with Crippen molar-refractivity contribution in [2.45, 2.75) is 64.5 Å². The summed E-state index contributed by atoms with van der Waals surface area (Å²) in [4.78, 5) is 2.54. The largest absolute Gasteiger partial charge is 0.368 e. The van der Waals surface area contributed by atoms with Gasteiger partial charge in [0.2, 0.25) is 0 Å². The van der Waals surface area contributed by atoms with E-state index in [1.807, 2.05) is 19.9 Å². The molecule has 2 fully saturated rings. The Morgan fingerprint density at radius 3 is 2.67 bits per heavy atom. The Labute approximate surface area is 127 Å². The molecule has 2 aliphatic rings. The highest BCUT2D eigenvalue weighted by Gasteiger charge is 2.34. The number of hydrogen-bond donors (Lipinski definition) is 1. The Kier molecular flexibility index (Phi) is 4.21. The summed E-state index contributed by atoms with van der Waals surface area (Å²) in [6.45, 7) is 4.90. The molecule has 3 heteroatoms. The first-order valence-electron chi connectivity index (χ1n) is 8.40. The van der Waals surface area contributed by atoms with Gasteiger partial charge in [0.05, 0.1) is 0 Å². The van der Waals surface area contributed by atoms with Crippen LogP contribution in [0.25, 0.3) is 0 Å². The van der Waals surface area contributed by atoms with Crippen molar-refractivity contribution in [1.29, 1.82) is 0 Å². The van der Waals surface area contributed by atoms with Gasteiger partial charge >= 0.3 is 0 Å². The van der Waals surface area contributed by atoms with Gasteiger partial charge in [0.1, 0.15) is 5.82 Å². The molecular weight excluding hydrogens is 263 g/mol. The maximum atomic E-state index is 13.9. The van der Waals surface area contributed by atoms with Crippen LogP contribution in [0, 0.1) is 18.7 Å². The topological polar surface area (TPSA) is 29.3 Å². The third-order valence-electron chi connectivity index (χ3n) is 5.35. The van der Waals surface area contributed by atoms with Crippen molar-refractivity contribution >= 4 is 5.69 Å². The molecule has 1 saturated heterocycles. The highest BCUT2D eigenvalue weighted by atomic mass is 19.1. The molecule has 2 N–H and O–H groups in total. The fourth-order valence-electron chi connectivity index (χ4n) is 4.22. The summed E-state index contributed by atoms with van der Waals surface area (Å²) in [5.74, 6) is 0.682. The highest BCUT2D eigenvalue weighted by molar-refractivity contribution is 5.58. The second-order valence-electron chi connectivity index (χ2n) is 6.90. The standard InChI is InChI=1S/C18H27FN2/c1-12-10-18(15(13(2)20)11-16(12)19)21-9-5-7-14-6-3-4-8-17(14)21/h10-11,13-14,17H,3-9,20H2,1-2H3/t13?,14-,17-/m1/s1. The lowest BCUT2D eigenvalue weighted by molar-refractivity contribution is 0.243. The SMILES string of the molecule is Cc1cc(N2CCC[C@H]3CCCC[C@H]32)c(C(C)N)cc1F. The Morgan fingerprint density at radius 1 is 1.19 bits per heavy atom. The summed E-state index contributed by atoms with van der Waals surface area (Å²) < 4.78 is 13.9. The zero-order valence-electron chi connectivity index (χ0n) is 13.2. The van der Waals surface area contributed by atoms with Crippen LogP contribution in [0.3, 0.4) is 0 Å². The zero-order chi connectivity index (χ0) is 15.0. The lowest BCUT2D eigenvalue weighted by atomic mass is 9.78. The molecule has 1 aliphatic carbocycles. The molecule has 0 aromatic heterocycles. The number of aryl methyl sites for hydroxylation is 1. The van der Waals surface area contributed by atoms with Gasteiger partial charge in [0.15, 0.2) is 0 Å². The van der Waals surface area contributed by atoms with Gasteiger partial charge in [0, 0.05) is 24.3 Å². The quantitative estimate of drug-likeness (QED) is 0.879. The summed E-state index contributed by atoms with van der Waals surface area (Å²) in [6, 6.07) is 4.18. The third-order valence-corrected chi connectivity index (χ3v) is 5.35. The van der Waals surface area contributed by atoms with E-state index in [-0.39, 0.29) is 11.9 Å². The summed E-state index contributed by atoms with van der Waals surface area (Å²) >= 11 is 0. The van der Waals surface area contributed by atoms with Crippen molar-refractivity contribution in [3.8, 4) is 0 Å². The van der Waals surface area contributed by atoms with Gasteiger partial charge in [-0.25, -0.2) is 4.39 Å². The Bertz CT molecular complexity index is 510. The van der Waals surface area contributed by atoms with Gasteiger partial charge < -0.3 is 10.6 Å². The number of nitrogens with two attached hydrogens (primary N) is 1. The fraction of sp³-hybridized carbons (Fsp3) is 0.667. The predicted octanol–water partition coefficient (Wildman–Crippen LogP) is 4.31. The molecule has 3 rings (SSSR count). The number of hydrogen-bond acceptors (Lipinski definition) is 2. The third kappa shape index (κ3) is 2.80. The van der Waals surface area contributed by atoms with E-state index in [0.717, 1.165) is 23.6 Å². The maximum absolute atomic E-state index is 13.9. The van der Waals surface area contributed by atoms with Gasteiger partial charge in [-0.15, -0.1) is 0 Å². The smallest absolute Gasteiger partial charge is 0.126 e. The molecule has 1 aromatic rings. The van der Waals surface area contributed by atoms with E-state index in [2.05, 4.69) is 4.90 Å². The van der Waals surface area contributed by atoms with E-state index >= 15 is 0 Å². The van der Waals surface area contributed by atoms with Crippen molar-refractivity contribution < 1.29 is 4.39 Å². The molecule has 0 spiro atoms. The summed E-state index contributed by atoms with van der Waals surface area (Å²) in [5, 5.41) is 0. The number of fused-ring (bicyclic) bond motifs is 1. The monoisotopic (exact) mass is 290 g/mol. The minimum Gasteiger partial charge on any atom is -0.368 e. The second-order valence-corrected chi connectivity index (χ2v) is 6.90. The van der Waals surface area contributed by atoms with E-state index in [1.54, 1.807) is 6.07 Å². The molecule has 0 amide bonds. The summed E-state index contributed by atoms with van der Waals surface area (Å²) in [7, 11) is 0. The average Bonchev–Trinajstić information content (AvgIpc) is 2.49. The van der Waals surface area contributed by atoms with Gasteiger partial charge in [-0.3, -0.25) is 0 Å². The molecule has 1 aliphatic heterocycles. The Morgan fingerprint density at radius 2 is 1.90 bits per heavy atom. The molecule has 1 aromatic carbocycles. The number of anilines is 1. The van der Waals surface area contributed by atoms with E-state index in [9.17, 15) is 4.39 Å². The van der Waals surface area contributed by atoms with Crippen LogP contribution in [-0.2, 0) is 0 Å². The first-order valence-corrected chi connectivity index (χ1v) is 8.40. The fourth-order valence-corrected chi connectivity index (χ4v) is 4.22. The number of rotatable bonds is 2. The van der Waals surface area contributed by atoms with Gasteiger partial charge in [-0.2, -0.15) is 0 Å². The number of halogens is 1. The normalized spacial score (nSPS) is 27.3. The zero-order valence-corrected chi connectivity index (χ0v) is 13.2. The average molecular weight is 290 g/mol. The molecule has 3 atom stereocenters. The van der Waals surface area contributed by atoms with Gasteiger partial charge in [-0.1, -0.05) is 12.8 Å². The molecule has 1 saturated carbocycles. The van der Waals surface area contributed by atoms with Crippen LogP contribution in [0.15, 0.2) is 12.1 Å². The van der Waals surface area contributed by atoms with Crippen molar-refractivity contribution in [2.24, 2.45) is 11.7 Å². The Balaban J connectivity index is 1.99. The highest BCUT2D eigenvalue weighted by Crippen LogP contribution is 2.40. The lowest BCUT2D eigenvalue weighted by Crippen LogP contribution is -2.47. The number of nitrogens with zero attached hydrogens (tertiary/aromatic N) is 1. The molecule has 2 nitrogen and oxygen atoms in total. The summed E-state index contributed by atoms with van der Waals surface area (Å²) in [6.07, 6.45) is 7.93. The van der Waals surface area contributed by atoms with Gasteiger partial charge in [-0.05, 0) is 68.7 Å². The van der Waals surface area contributed by atoms with E-state index < -0.39 is 0 Å². The minimum absolute atomic E-state index is 0.126. The molecule has 1 heterocycles. The van der Waals surface area contributed by atoms with Crippen LogP contribution in [0.2, 0.25) is 0 Å². The molecule has 0 bridgehead atoms. The van der Waals surface area contributed by atoms with Crippen molar-refractivity contribution in [3.05, 3.63) is 29.1 Å². The van der Waals surface area contributed by atoms with Crippen molar-refractivity contribution in [3.63, 3.8) is 0 Å².